The Balaban J connectivity index is 1.86. The number of aromatic nitrogens is 1. The lowest BCUT2D eigenvalue weighted by Gasteiger charge is -2.03. The van der Waals surface area contributed by atoms with Crippen LogP contribution in [0.2, 0.25) is 5.02 Å². The molecule has 126 valence electrons. The normalized spacial score (nSPS) is 11.5. The highest BCUT2D eigenvalue weighted by Gasteiger charge is 2.09. The Kier molecular flexibility index (Phi) is 5.17. The van der Waals surface area contributed by atoms with Crippen molar-refractivity contribution in [2.45, 2.75) is 6.54 Å². The van der Waals surface area contributed by atoms with Crippen LogP contribution in [0.4, 0.5) is 4.39 Å². The molecule has 0 fully saturated rings. The molecule has 1 heterocycles. The summed E-state index contributed by atoms with van der Waals surface area (Å²) >= 11 is 6.99. The zero-order valence-electron chi connectivity index (χ0n) is 12.9. The first-order valence-corrected chi connectivity index (χ1v) is 8.44. The summed E-state index contributed by atoms with van der Waals surface area (Å²) in [6.45, 7) is 0.01000. The summed E-state index contributed by atoms with van der Waals surface area (Å²) in [6.07, 6.45) is 5.38. The number of halogens is 2. The molecule has 0 unspecified atom stereocenters. The number of hydrogen-bond donors (Lipinski definition) is 0. The maximum absolute atomic E-state index is 13.4. The average Bonchev–Trinajstić information content (AvgIpc) is 2.91. The van der Waals surface area contributed by atoms with E-state index < -0.39 is 5.91 Å². The van der Waals surface area contributed by atoms with E-state index in [2.05, 4.69) is 10.9 Å². The van der Waals surface area contributed by atoms with Gasteiger partial charge in [0.15, 0.2) is 11.4 Å². The second-order valence-corrected chi connectivity index (χ2v) is 6.48. The Morgan fingerprint density at radius 2 is 2.08 bits per heavy atom. The summed E-state index contributed by atoms with van der Waals surface area (Å²) in [7, 11) is 0. The third-order valence-corrected chi connectivity index (χ3v) is 4.58. The van der Waals surface area contributed by atoms with Gasteiger partial charge < -0.3 is 9.30 Å². The molecule has 0 N–H and O–H groups in total. The fraction of sp³-hybridized carbons (Fsp3) is 0.111. The highest BCUT2D eigenvalue weighted by Crippen LogP contribution is 2.19. The fourth-order valence-electron chi connectivity index (χ4n) is 2.19. The van der Waals surface area contributed by atoms with Crippen LogP contribution in [-0.4, -0.2) is 17.1 Å². The lowest BCUT2D eigenvalue weighted by atomic mass is 10.3. The van der Waals surface area contributed by atoms with Crippen molar-refractivity contribution in [1.29, 1.82) is 0 Å². The number of amides is 1. The Labute approximate surface area is 152 Å². The molecule has 0 radical (unpaired) electrons. The Morgan fingerprint density at radius 3 is 2.80 bits per heavy atom. The summed E-state index contributed by atoms with van der Waals surface area (Å²) in [6, 6.07) is 11.0. The molecule has 0 saturated heterocycles. The maximum atomic E-state index is 13.4. The van der Waals surface area contributed by atoms with E-state index in [-0.39, 0.29) is 19.0 Å². The molecule has 3 aromatic rings. The lowest BCUT2D eigenvalue weighted by molar-refractivity contribution is -0.120. The third kappa shape index (κ3) is 4.08. The van der Waals surface area contributed by atoms with Crippen LogP contribution in [0, 0.1) is 18.2 Å². The van der Waals surface area contributed by atoms with Gasteiger partial charge in [0.2, 0.25) is 0 Å². The molecular weight excluding hydrogens is 363 g/mol. The number of rotatable bonds is 4. The first-order valence-electron chi connectivity index (χ1n) is 7.25. The van der Waals surface area contributed by atoms with Crippen LogP contribution in [0.5, 0.6) is 5.75 Å². The van der Waals surface area contributed by atoms with Crippen LogP contribution >= 0.6 is 22.9 Å². The number of benzene rings is 2. The molecule has 3 rings (SSSR count). The van der Waals surface area contributed by atoms with Gasteiger partial charge in [-0.15, -0.1) is 6.42 Å². The van der Waals surface area contributed by atoms with Crippen molar-refractivity contribution < 1.29 is 13.9 Å². The van der Waals surface area contributed by atoms with Crippen LogP contribution in [-0.2, 0) is 11.3 Å². The molecule has 7 heteroatoms. The molecular formula is C18H12ClFN2O2S. The minimum atomic E-state index is -0.465. The Bertz CT molecular complexity index is 1030. The third-order valence-electron chi connectivity index (χ3n) is 3.29. The minimum absolute atomic E-state index is 0.222. The van der Waals surface area contributed by atoms with E-state index in [0.29, 0.717) is 20.3 Å². The van der Waals surface area contributed by atoms with Crippen molar-refractivity contribution in [2.24, 2.45) is 4.99 Å². The largest absolute Gasteiger partial charge is 0.484 e. The topological polar surface area (TPSA) is 43.6 Å². The predicted molar refractivity (Wildman–Crippen MR) is 96.1 cm³/mol. The second kappa shape index (κ2) is 7.51. The van der Waals surface area contributed by atoms with Gasteiger partial charge in [0.1, 0.15) is 11.6 Å². The van der Waals surface area contributed by atoms with Crippen LogP contribution in [0.15, 0.2) is 47.5 Å². The van der Waals surface area contributed by atoms with Gasteiger partial charge >= 0.3 is 0 Å². The van der Waals surface area contributed by atoms with E-state index in [1.54, 1.807) is 34.9 Å². The summed E-state index contributed by atoms with van der Waals surface area (Å²) in [5.41, 5.74) is 0.731. The van der Waals surface area contributed by atoms with E-state index in [9.17, 15) is 9.18 Å². The van der Waals surface area contributed by atoms with Gasteiger partial charge in [0, 0.05) is 5.02 Å². The van der Waals surface area contributed by atoms with E-state index in [4.69, 9.17) is 22.8 Å². The second-order valence-electron chi connectivity index (χ2n) is 5.04. The van der Waals surface area contributed by atoms with Gasteiger partial charge in [0.25, 0.3) is 5.91 Å². The van der Waals surface area contributed by atoms with Crippen LogP contribution in [0.1, 0.15) is 0 Å². The van der Waals surface area contributed by atoms with Gasteiger partial charge in [-0.05, 0) is 42.5 Å². The number of carbonyl (C=O) groups excluding carboxylic acids is 1. The quantitative estimate of drug-likeness (QED) is 0.654. The first kappa shape index (κ1) is 17.2. The molecule has 1 amide bonds. The highest BCUT2D eigenvalue weighted by molar-refractivity contribution is 7.16. The van der Waals surface area contributed by atoms with Gasteiger partial charge in [-0.1, -0.05) is 28.9 Å². The van der Waals surface area contributed by atoms with Crippen molar-refractivity contribution in [2.75, 3.05) is 6.61 Å². The van der Waals surface area contributed by atoms with Gasteiger partial charge in [-0.3, -0.25) is 4.79 Å². The van der Waals surface area contributed by atoms with Gasteiger partial charge in [0.05, 0.1) is 16.8 Å². The number of terminal acetylenes is 1. The maximum Gasteiger partial charge on any atom is 0.286 e. The molecule has 0 bridgehead atoms. The SMILES string of the molecule is C#CCn1c(=NC(=O)COc2ccc(Cl)cc2)sc2cc(F)ccc21. The Morgan fingerprint density at radius 1 is 1.32 bits per heavy atom. The van der Waals surface area contributed by atoms with E-state index in [1.807, 2.05) is 0 Å². The molecule has 25 heavy (non-hydrogen) atoms. The highest BCUT2D eigenvalue weighted by atomic mass is 35.5. The zero-order chi connectivity index (χ0) is 17.8. The van der Waals surface area contributed by atoms with E-state index in [0.717, 1.165) is 5.52 Å². The number of fused-ring (bicyclic) bond motifs is 1. The number of hydrogen-bond acceptors (Lipinski definition) is 3. The molecule has 0 spiro atoms. The smallest absolute Gasteiger partial charge is 0.286 e. The van der Waals surface area contributed by atoms with Crippen LogP contribution in [0.3, 0.4) is 0 Å². The number of thiazole rings is 1. The zero-order valence-corrected chi connectivity index (χ0v) is 14.5. The molecule has 4 nitrogen and oxygen atoms in total. The summed E-state index contributed by atoms with van der Waals surface area (Å²) in [5, 5.41) is 0.580. The number of nitrogens with zero attached hydrogens (tertiary/aromatic N) is 2. The molecule has 1 aromatic heterocycles. The van der Waals surface area contributed by atoms with Crippen molar-refractivity contribution in [1.82, 2.24) is 4.57 Å². The molecule has 0 aliphatic carbocycles. The lowest BCUT2D eigenvalue weighted by Crippen LogP contribution is -2.19. The van der Waals surface area contributed by atoms with Gasteiger partial charge in [-0.2, -0.15) is 4.99 Å². The molecule has 0 saturated carbocycles. The van der Waals surface area contributed by atoms with Crippen molar-refractivity contribution in [3.8, 4) is 18.1 Å². The van der Waals surface area contributed by atoms with Crippen molar-refractivity contribution in [3.63, 3.8) is 0 Å². The summed E-state index contributed by atoms with van der Waals surface area (Å²) in [4.78, 5) is 16.6. The summed E-state index contributed by atoms with van der Waals surface area (Å²) < 4.78 is 21.1. The standard InChI is InChI=1S/C18H12ClFN2O2S/c1-2-9-22-15-8-5-13(20)10-16(15)25-18(22)21-17(23)11-24-14-6-3-12(19)4-7-14/h1,3-8,10H,9,11H2. The molecule has 0 aliphatic rings. The number of ether oxygens (including phenoxy) is 1. The summed E-state index contributed by atoms with van der Waals surface area (Å²) in [5.74, 6) is 2.21. The van der Waals surface area contributed by atoms with Gasteiger partial charge in [-0.25, -0.2) is 4.39 Å². The minimum Gasteiger partial charge on any atom is -0.484 e. The average molecular weight is 375 g/mol. The van der Waals surface area contributed by atoms with Crippen LogP contribution in [0.25, 0.3) is 10.2 Å². The Hall–Kier alpha value is -2.62. The molecule has 0 aliphatic heterocycles. The number of carbonyl (C=O) groups is 1. The van der Waals surface area contributed by atoms with Crippen LogP contribution < -0.4 is 9.54 Å². The van der Waals surface area contributed by atoms with Crippen molar-refractivity contribution >= 4 is 39.1 Å². The predicted octanol–water partition coefficient (Wildman–Crippen LogP) is 3.63. The van der Waals surface area contributed by atoms with Crippen molar-refractivity contribution in [3.05, 3.63) is 58.1 Å². The fourth-order valence-corrected chi connectivity index (χ4v) is 3.39. The van der Waals surface area contributed by atoms with E-state index >= 15 is 0 Å². The molecule has 0 atom stereocenters. The molecule has 2 aromatic carbocycles. The van der Waals surface area contributed by atoms with E-state index in [1.165, 1.54) is 23.5 Å². The first-order chi connectivity index (χ1) is 12.1. The monoisotopic (exact) mass is 374 g/mol.